The van der Waals surface area contributed by atoms with E-state index in [4.69, 9.17) is 4.74 Å². The number of thiophene rings is 1. The molecule has 1 aromatic rings. The second kappa shape index (κ2) is 5.25. The number of amides is 1. The summed E-state index contributed by atoms with van der Waals surface area (Å²) < 4.78 is 5.71. The molecule has 1 aromatic heterocycles. The quantitative estimate of drug-likeness (QED) is 0.791. The fourth-order valence-corrected chi connectivity index (χ4v) is 4.31. The van der Waals surface area contributed by atoms with Gasteiger partial charge in [-0.05, 0) is 45.1 Å². The SMILES string of the molecule is C[C@@H]1CN(C(=O)c2csc3c2CCCC3)C[C@H](C)O1. The highest BCUT2D eigenvalue weighted by Gasteiger charge is 2.29. The number of hydrogen-bond acceptors (Lipinski definition) is 3. The summed E-state index contributed by atoms with van der Waals surface area (Å²) in [6, 6.07) is 0. The molecule has 3 rings (SSSR count). The van der Waals surface area contributed by atoms with Gasteiger partial charge in [0.25, 0.3) is 5.91 Å². The Morgan fingerprint density at radius 3 is 2.68 bits per heavy atom. The van der Waals surface area contributed by atoms with Crippen LogP contribution in [0.25, 0.3) is 0 Å². The maximum Gasteiger partial charge on any atom is 0.255 e. The first kappa shape index (κ1) is 13.1. The Morgan fingerprint density at radius 1 is 1.26 bits per heavy atom. The van der Waals surface area contributed by atoms with Gasteiger partial charge < -0.3 is 9.64 Å². The number of ether oxygens (including phenoxy) is 1. The molecule has 0 saturated carbocycles. The van der Waals surface area contributed by atoms with E-state index < -0.39 is 0 Å². The molecule has 1 fully saturated rings. The van der Waals surface area contributed by atoms with Gasteiger partial charge in [0.2, 0.25) is 0 Å². The van der Waals surface area contributed by atoms with Gasteiger partial charge >= 0.3 is 0 Å². The first-order valence-electron chi connectivity index (χ1n) is 7.19. The molecule has 0 aromatic carbocycles. The summed E-state index contributed by atoms with van der Waals surface area (Å²) in [5.41, 5.74) is 2.29. The van der Waals surface area contributed by atoms with Crippen molar-refractivity contribution in [1.82, 2.24) is 4.90 Å². The van der Waals surface area contributed by atoms with Crippen LogP contribution < -0.4 is 0 Å². The van der Waals surface area contributed by atoms with E-state index in [1.807, 2.05) is 18.7 Å². The Balaban J connectivity index is 1.82. The average molecular weight is 279 g/mol. The molecule has 0 radical (unpaired) electrons. The van der Waals surface area contributed by atoms with Crippen LogP contribution in [0.2, 0.25) is 0 Å². The zero-order valence-corrected chi connectivity index (χ0v) is 12.5. The molecule has 0 spiro atoms. The normalized spacial score (nSPS) is 27.2. The molecule has 0 N–H and O–H groups in total. The van der Waals surface area contributed by atoms with Crippen LogP contribution in [0.3, 0.4) is 0 Å². The second-order valence-corrected chi connectivity index (χ2v) is 6.69. The summed E-state index contributed by atoms with van der Waals surface area (Å²) in [5, 5.41) is 2.07. The monoisotopic (exact) mass is 279 g/mol. The molecule has 3 nitrogen and oxygen atoms in total. The van der Waals surface area contributed by atoms with Crippen molar-refractivity contribution in [2.24, 2.45) is 0 Å². The van der Waals surface area contributed by atoms with Crippen molar-refractivity contribution in [3.05, 3.63) is 21.4 Å². The molecule has 104 valence electrons. The summed E-state index contributed by atoms with van der Waals surface area (Å²) in [4.78, 5) is 16.1. The highest BCUT2D eigenvalue weighted by Crippen LogP contribution is 2.31. The number of morpholine rings is 1. The smallest absolute Gasteiger partial charge is 0.255 e. The van der Waals surface area contributed by atoms with E-state index in [9.17, 15) is 4.79 Å². The fraction of sp³-hybridized carbons (Fsp3) is 0.667. The van der Waals surface area contributed by atoms with Gasteiger partial charge in [-0.3, -0.25) is 4.79 Å². The third-order valence-electron chi connectivity index (χ3n) is 4.00. The Kier molecular flexibility index (Phi) is 3.63. The standard InChI is InChI=1S/C15H21NO2S/c1-10-7-16(8-11(2)18-10)15(17)13-9-19-14-6-4-3-5-12(13)14/h9-11H,3-8H2,1-2H3/t10-,11+. The van der Waals surface area contributed by atoms with Crippen LogP contribution in [0.15, 0.2) is 5.38 Å². The molecule has 0 bridgehead atoms. The highest BCUT2D eigenvalue weighted by molar-refractivity contribution is 7.10. The molecular weight excluding hydrogens is 258 g/mol. The molecule has 19 heavy (non-hydrogen) atoms. The molecule has 1 aliphatic heterocycles. The lowest BCUT2D eigenvalue weighted by Gasteiger charge is -2.35. The molecule has 1 amide bonds. The number of rotatable bonds is 1. The van der Waals surface area contributed by atoms with Crippen LogP contribution in [0, 0.1) is 0 Å². The second-order valence-electron chi connectivity index (χ2n) is 5.73. The van der Waals surface area contributed by atoms with Crippen molar-refractivity contribution in [1.29, 1.82) is 0 Å². The molecule has 2 atom stereocenters. The van der Waals surface area contributed by atoms with E-state index >= 15 is 0 Å². The van der Waals surface area contributed by atoms with Crippen LogP contribution in [0.4, 0.5) is 0 Å². The van der Waals surface area contributed by atoms with Crippen molar-refractivity contribution in [3.8, 4) is 0 Å². The maximum absolute atomic E-state index is 12.7. The molecule has 2 heterocycles. The summed E-state index contributed by atoms with van der Waals surface area (Å²) >= 11 is 1.77. The van der Waals surface area contributed by atoms with Gasteiger partial charge in [-0.2, -0.15) is 0 Å². The number of aryl methyl sites for hydroxylation is 1. The van der Waals surface area contributed by atoms with E-state index in [1.54, 1.807) is 11.3 Å². The van der Waals surface area contributed by atoms with Gasteiger partial charge in [0.05, 0.1) is 17.8 Å². The van der Waals surface area contributed by atoms with Gasteiger partial charge in [0.1, 0.15) is 0 Å². The van der Waals surface area contributed by atoms with E-state index in [2.05, 4.69) is 5.38 Å². The lowest BCUT2D eigenvalue weighted by atomic mass is 9.95. The van der Waals surface area contributed by atoms with Crippen molar-refractivity contribution in [2.75, 3.05) is 13.1 Å². The molecule has 1 saturated heterocycles. The number of hydrogen-bond donors (Lipinski definition) is 0. The first-order valence-corrected chi connectivity index (χ1v) is 8.07. The largest absolute Gasteiger partial charge is 0.372 e. The predicted octanol–water partition coefficient (Wildman–Crippen LogP) is 2.88. The van der Waals surface area contributed by atoms with Gasteiger partial charge in [0, 0.05) is 23.3 Å². The molecule has 1 aliphatic carbocycles. The summed E-state index contributed by atoms with van der Waals surface area (Å²) in [7, 11) is 0. The number of carbonyl (C=O) groups excluding carboxylic acids is 1. The van der Waals surface area contributed by atoms with Gasteiger partial charge in [-0.15, -0.1) is 11.3 Å². The molecular formula is C15H21NO2S. The van der Waals surface area contributed by atoms with Crippen LogP contribution in [-0.4, -0.2) is 36.1 Å². The van der Waals surface area contributed by atoms with Crippen molar-refractivity contribution in [3.63, 3.8) is 0 Å². The van der Waals surface area contributed by atoms with Crippen LogP contribution >= 0.6 is 11.3 Å². The van der Waals surface area contributed by atoms with Crippen molar-refractivity contribution in [2.45, 2.75) is 51.7 Å². The van der Waals surface area contributed by atoms with Crippen LogP contribution in [-0.2, 0) is 17.6 Å². The predicted molar refractivity (Wildman–Crippen MR) is 76.9 cm³/mol. The average Bonchev–Trinajstić information content (AvgIpc) is 2.80. The van der Waals surface area contributed by atoms with Crippen molar-refractivity contribution >= 4 is 17.2 Å². The lowest BCUT2D eigenvalue weighted by molar-refractivity contribution is -0.0586. The first-order chi connectivity index (χ1) is 9.15. The fourth-order valence-electron chi connectivity index (χ4n) is 3.19. The molecule has 0 unspecified atom stereocenters. The minimum Gasteiger partial charge on any atom is -0.372 e. The molecule has 4 heteroatoms. The number of fused-ring (bicyclic) bond motifs is 1. The van der Waals surface area contributed by atoms with Crippen molar-refractivity contribution < 1.29 is 9.53 Å². The zero-order valence-electron chi connectivity index (χ0n) is 11.6. The van der Waals surface area contributed by atoms with Gasteiger partial charge in [-0.1, -0.05) is 0 Å². The Labute approximate surface area is 118 Å². The van der Waals surface area contributed by atoms with Crippen LogP contribution in [0.1, 0.15) is 47.5 Å². The Bertz CT molecular complexity index is 472. The maximum atomic E-state index is 12.7. The third-order valence-corrected chi connectivity index (χ3v) is 5.09. The van der Waals surface area contributed by atoms with E-state index in [-0.39, 0.29) is 18.1 Å². The van der Waals surface area contributed by atoms with E-state index in [0.717, 1.165) is 18.4 Å². The summed E-state index contributed by atoms with van der Waals surface area (Å²) in [5.74, 6) is 0.210. The van der Waals surface area contributed by atoms with Gasteiger partial charge in [0.15, 0.2) is 0 Å². The Hall–Kier alpha value is -0.870. The summed E-state index contributed by atoms with van der Waals surface area (Å²) in [6.07, 6.45) is 5.01. The Morgan fingerprint density at radius 2 is 1.95 bits per heavy atom. The van der Waals surface area contributed by atoms with Gasteiger partial charge in [-0.25, -0.2) is 0 Å². The lowest BCUT2D eigenvalue weighted by Crippen LogP contribution is -2.48. The van der Waals surface area contributed by atoms with Crippen LogP contribution in [0.5, 0.6) is 0 Å². The highest BCUT2D eigenvalue weighted by atomic mass is 32.1. The minimum atomic E-state index is 0.141. The molecule has 2 aliphatic rings. The number of nitrogens with zero attached hydrogens (tertiary/aromatic N) is 1. The van der Waals surface area contributed by atoms with E-state index in [0.29, 0.717) is 13.1 Å². The summed E-state index contributed by atoms with van der Waals surface area (Å²) in [6.45, 7) is 5.51. The topological polar surface area (TPSA) is 29.5 Å². The van der Waals surface area contributed by atoms with E-state index in [1.165, 1.54) is 23.3 Å². The number of carbonyl (C=O) groups is 1. The minimum absolute atomic E-state index is 0.141. The third kappa shape index (κ3) is 2.56. The zero-order chi connectivity index (χ0) is 13.4.